The van der Waals surface area contributed by atoms with Crippen molar-refractivity contribution in [2.24, 2.45) is 7.05 Å². The fourth-order valence-electron chi connectivity index (χ4n) is 1.82. The second kappa shape index (κ2) is 4.06. The average molecular weight is 259 g/mol. The highest BCUT2D eigenvalue weighted by atomic mass is 32.1. The summed E-state index contributed by atoms with van der Waals surface area (Å²) in [6.45, 7) is 2.12. The quantitative estimate of drug-likeness (QED) is 0.766. The zero-order chi connectivity index (χ0) is 12.7. The van der Waals surface area contributed by atoms with Crippen molar-refractivity contribution in [3.63, 3.8) is 0 Å². The van der Waals surface area contributed by atoms with Gasteiger partial charge in [-0.15, -0.1) is 11.3 Å². The van der Waals surface area contributed by atoms with E-state index in [1.54, 1.807) is 16.0 Å². The Bertz CT molecular complexity index is 712. The van der Waals surface area contributed by atoms with Gasteiger partial charge in [0.2, 0.25) is 0 Å². The van der Waals surface area contributed by atoms with Gasteiger partial charge < -0.3 is 5.73 Å². The number of hydrogen-bond acceptors (Lipinski definition) is 5. The van der Waals surface area contributed by atoms with E-state index in [0.29, 0.717) is 11.6 Å². The molecule has 0 saturated carbocycles. The molecule has 0 bridgehead atoms. The lowest BCUT2D eigenvalue weighted by atomic mass is 10.3. The highest BCUT2D eigenvalue weighted by Crippen LogP contribution is 2.29. The van der Waals surface area contributed by atoms with Gasteiger partial charge in [-0.3, -0.25) is 4.68 Å². The minimum Gasteiger partial charge on any atom is -0.383 e. The van der Waals surface area contributed by atoms with Gasteiger partial charge in [0, 0.05) is 18.1 Å². The minimum atomic E-state index is 0.525. The molecule has 92 valence electrons. The number of hydrogen-bond donors (Lipinski definition) is 1. The molecule has 3 aromatic rings. The Kier molecular flexibility index (Phi) is 2.52. The summed E-state index contributed by atoms with van der Waals surface area (Å²) in [7, 11) is 1.87. The second-order valence-corrected chi connectivity index (χ2v) is 5.21. The van der Waals surface area contributed by atoms with Gasteiger partial charge in [-0.05, 0) is 18.6 Å². The van der Waals surface area contributed by atoms with Crippen molar-refractivity contribution in [3.05, 3.63) is 23.2 Å². The largest absolute Gasteiger partial charge is 0.383 e. The van der Waals surface area contributed by atoms with Crippen LogP contribution in [0.4, 0.5) is 5.82 Å². The van der Waals surface area contributed by atoms with Gasteiger partial charge in [0.1, 0.15) is 16.3 Å². The fourth-order valence-corrected chi connectivity index (χ4v) is 2.79. The molecule has 0 aromatic carbocycles. The first-order chi connectivity index (χ1) is 8.67. The maximum atomic E-state index is 5.99. The molecule has 0 atom stereocenters. The van der Waals surface area contributed by atoms with Crippen molar-refractivity contribution in [2.75, 3.05) is 5.73 Å². The molecule has 0 radical (unpaired) electrons. The van der Waals surface area contributed by atoms with E-state index >= 15 is 0 Å². The lowest BCUT2D eigenvalue weighted by molar-refractivity contribution is 0.769. The molecule has 6 heteroatoms. The van der Waals surface area contributed by atoms with Gasteiger partial charge in [0.25, 0.3) is 0 Å². The first-order valence-corrected chi connectivity index (χ1v) is 6.55. The number of nitrogens with two attached hydrogens (primary N) is 1. The smallest absolute Gasteiger partial charge is 0.183 e. The molecule has 0 aliphatic carbocycles. The van der Waals surface area contributed by atoms with Crippen molar-refractivity contribution in [1.82, 2.24) is 19.7 Å². The molecular weight excluding hydrogens is 246 g/mol. The average Bonchev–Trinajstić information content (AvgIpc) is 2.94. The zero-order valence-corrected chi connectivity index (χ0v) is 11.0. The van der Waals surface area contributed by atoms with Crippen LogP contribution in [0.5, 0.6) is 0 Å². The van der Waals surface area contributed by atoms with Crippen molar-refractivity contribution < 1.29 is 0 Å². The highest BCUT2D eigenvalue weighted by Gasteiger charge is 2.11. The summed E-state index contributed by atoms with van der Waals surface area (Å²) in [6.07, 6.45) is 2.85. The Morgan fingerprint density at radius 3 is 2.89 bits per heavy atom. The molecular formula is C12H13N5S. The van der Waals surface area contributed by atoms with E-state index in [2.05, 4.69) is 28.1 Å². The van der Waals surface area contributed by atoms with Gasteiger partial charge in [0.15, 0.2) is 5.82 Å². The first kappa shape index (κ1) is 11.2. The summed E-state index contributed by atoms with van der Waals surface area (Å²) < 4.78 is 1.73. The summed E-state index contributed by atoms with van der Waals surface area (Å²) in [5.41, 5.74) is 6.74. The van der Waals surface area contributed by atoms with E-state index in [4.69, 9.17) is 5.73 Å². The number of nitrogen functional groups attached to an aromatic ring is 1. The summed E-state index contributed by atoms with van der Waals surface area (Å²) in [4.78, 5) is 11.1. The monoisotopic (exact) mass is 259 g/mol. The molecule has 5 nitrogen and oxygen atoms in total. The predicted octanol–water partition coefficient (Wildman–Crippen LogP) is 2.24. The molecule has 0 aliphatic rings. The lowest BCUT2D eigenvalue weighted by Gasteiger charge is -1.99. The third kappa shape index (κ3) is 1.74. The van der Waals surface area contributed by atoms with Crippen LogP contribution in [0.3, 0.4) is 0 Å². The number of rotatable bonds is 2. The van der Waals surface area contributed by atoms with Crippen LogP contribution in [-0.4, -0.2) is 19.7 Å². The Morgan fingerprint density at radius 1 is 1.39 bits per heavy atom. The molecule has 0 amide bonds. The van der Waals surface area contributed by atoms with Crippen molar-refractivity contribution in [3.8, 4) is 11.5 Å². The molecule has 0 spiro atoms. The standard InChI is InChI=1S/C12H13N5S/c1-3-7-6-8-10(13)14-11(15-12(8)18-7)9-4-5-17(2)16-9/h4-6H,3H2,1-2H3,(H2,13,14,15). The van der Waals surface area contributed by atoms with Crippen LogP contribution in [-0.2, 0) is 13.5 Å². The number of aromatic nitrogens is 4. The van der Waals surface area contributed by atoms with Gasteiger partial charge in [-0.25, -0.2) is 9.97 Å². The van der Waals surface area contributed by atoms with E-state index in [0.717, 1.165) is 22.3 Å². The molecule has 0 saturated heterocycles. The Balaban J connectivity index is 2.20. The van der Waals surface area contributed by atoms with E-state index in [1.807, 2.05) is 19.3 Å². The Morgan fingerprint density at radius 2 is 2.22 bits per heavy atom. The third-order valence-corrected chi connectivity index (χ3v) is 3.94. The summed E-state index contributed by atoms with van der Waals surface area (Å²) in [5.74, 6) is 1.11. The Hall–Kier alpha value is -1.95. The molecule has 2 N–H and O–H groups in total. The van der Waals surface area contributed by atoms with Gasteiger partial charge >= 0.3 is 0 Å². The second-order valence-electron chi connectivity index (χ2n) is 4.09. The molecule has 0 unspecified atom stereocenters. The third-order valence-electron chi connectivity index (χ3n) is 2.76. The predicted molar refractivity (Wildman–Crippen MR) is 73.4 cm³/mol. The van der Waals surface area contributed by atoms with Crippen LogP contribution >= 0.6 is 11.3 Å². The van der Waals surface area contributed by atoms with E-state index in [-0.39, 0.29) is 0 Å². The minimum absolute atomic E-state index is 0.525. The summed E-state index contributed by atoms with van der Waals surface area (Å²) >= 11 is 1.66. The van der Waals surface area contributed by atoms with E-state index in [9.17, 15) is 0 Å². The topological polar surface area (TPSA) is 69.6 Å². The van der Waals surface area contributed by atoms with Crippen molar-refractivity contribution >= 4 is 27.4 Å². The molecule has 3 aromatic heterocycles. The normalized spacial score (nSPS) is 11.2. The first-order valence-electron chi connectivity index (χ1n) is 5.73. The number of fused-ring (bicyclic) bond motifs is 1. The number of thiophene rings is 1. The zero-order valence-electron chi connectivity index (χ0n) is 10.2. The molecule has 3 heterocycles. The van der Waals surface area contributed by atoms with Crippen molar-refractivity contribution in [1.29, 1.82) is 0 Å². The van der Waals surface area contributed by atoms with Gasteiger partial charge in [-0.2, -0.15) is 5.10 Å². The Labute approximate surface area is 108 Å². The number of nitrogens with zero attached hydrogens (tertiary/aromatic N) is 4. The van der Waals surface area contributed by atoms with E-state index in [1.165, 1.54) is 4.88 Å². The van der Waals surface area contributed by atoms with Crippen LogP contribution in [0.25, 0.3) is 21.7 Å². The number of anilines is 1. The fraction of sp³-hybridized carbons (Fsp3) is 0.250. The van der Waals surface area contributed by atoms with Crippen LogP contribution in [0.1, 0.15) is 11.8 Å². The van der Waals surface area contributed by atoms with Crippen LogP contribution in [0.15, 0.2) is 18.3 Å². The molecule has 18 heavy (non-hydrogen) atoms. The van der Waals surface area contributed by atoms with Gasteiger partial charge in [0.05, 0.1) is 5.39 Å². The summed E-state index contributed by atoms with van der Waals surface area (Å²) in [6, 6.07) is 3.95. The number of aryl methyl sites for hydroxylation is 2. The summed E-state index contributed by atoms with van der Waals surface area (Å²) in [5, 5.41) is 5.24. The van der Waals surface area contributed by atoms with E-state index < -0.39 is 0 Å². The maximum absolute atomic E-state index is 5.99. The molecule has 0 fully saturated rings. The lowest BCUT2D eigenvalue weighted by Crippen LogP contribution is -1.97. The van der Waals surface area contributed by atoms with Crippen LogP contribution in [0, 0.1) is 0 Å². The van der Waals surface area contributed by atoms with Crippen LogP contribution in [0.2, 0.25) is 0 Å². The highest BCUT2D eigenvalue weighted by molar-refractivity contribution is 7.18. The van der Waals surface area contributed by atoms with Gasteiger partial charge in [-0.1, -0.05) is 6.92 Å². The molecule has 3 rings (SSSR count). The molecule has 0 aliphatic heterocycles. The SMILES string of the molecule is CCc1cc2c(N)nc(-c3ccn(C)n3)nc2s1. The maximum Gasteiger partial charge on any atom is 0.183 e. The van der Waals surface area contributed by atoms with Crippen LogP contribution < -0.4 is 5.73 Å². The van der Waals surface area contributed by atoms with Crippen molar-refractivity contribution in [2.45, 2.75) is 13.3 Å².